The molecule has 1 aromatic heterocycles. The van der Waals surface area contributed by atoms with E-state index in [1.165, 1.54) is 0 Å². The van der Waals surface area contributed by atoms with Crippen LogP contribution < -0.4 is 21.7 Å². The predicted octanol–water partition coefficient (Wildman–Crippen LogP) is 0.401. The molecule has 8 heteroatoms. The number of carbonyl (C=O) groups is 2. The SMILES string of the molecule is Cl.NCC(=O)NC1CN[C@H](C(=O)Nc2cnc3ccccc3c2)C1. The summed E-state index contributed by atoms with van der Waals surface area (Å²) in [6.45, 7) is 0.510. The Bertz CT molecular complexity index is 739. The van der Waals surface area contributed by atoms with Gasteiger partial charge in [-0.2, -0.15) is 0 Å². The molecule has 128 valence electrons. The van der Waals surface area contributed by atoms with Gasteiger partial charge in [0.15, 0.2) is 0 Å². The van der Waals surface area contributed by atoms with E-state index in [2.05, 4.69) is 20.9 Å². The average molecular weight is 350 g/mol. The molecule has 1 aliphatic heterocycles. The van der Waals surface area contributed by atoms with E-state index in [-0.39, 0.29) is 42.8 Å². The summed E-state index contributed by atoms with van der Waals surface area (Å²) in [7, 11) is 0. The Morgan fingerprint density at radius 1 is 1.33 bits per heavy atom. The van der Waals surface area contributed by atoms with E-state index < -0.39 is 0 Å². The predicted molar refractivity (Wildman–Crippen MR) is 95.0 cm³/mol. The molecule has 1 fully saturated rings. The first-order chi connectivity index (χ1) is 11.2. The lowest BCUT2D eigenvalue weighted by Crippen LogP contribution is -2.39. The highest BCUT2D eigenvalue weighted by molar-refractivity contribution is 5.96. The number of nitrogens with one attached hydrogen (secondary N) is 3. The summed E-state index contributed by atoms with van der Waals surface area (Å²) in [6.07, 6.45) is 2.18. The minimum absolute atomic E-state index is 0. The molecule has 0 aliphatic carbocycles. The number of aromatic nitrogens is 1. The van der Waals surface area contributed by atoms with Crippen molar-refractivity contribution >= 4 is 40.8 Å². The van der Waals surface area contributed by atoms with Crippen LogP contribution in [0.15, 0.2) is 36.5 Å². The summed E-state index contributed by atoms with van der Waals surface area (Å²) < 4.78 is 0. The number of halogens is 1. The molecule has 2 amide bonds. The zero-order chi connectivity index (χ0) is 16.2. The van der Waals surface area contributed by atoms with Crippen LogP contribution >= 0.6 is 12.4 Å². The van der Waals surface area contributed by atoms with E-state index in [0.717, 1.165) is 10.9 Å². The zero-order valence-electron chi connectivity index (χ0n) is 13.0. The number of benzene rings is 1. The Morgan fingerprint density at radius 2 is 2.12 bits per heavy atom. The van der Waals surface area contributed by atoms with Crippen molar-refractivity contribution in [3.8, 4) is 0 Å². The van der Waals surface area contributed by atoms with Gasteiger partial charge in [0.25, 0.3) is 0 Å². The molecule has 2 heterocycles. The molecular formula is C16H20ClN5O2. The molecule has 1 aliphatic rings. The number of para-hydroxylation sites is 1. The highest BCUT2D eigenvalue weighted by atomic mass is 35.5. The van der Waals surface area contributed by atoms with E-state index >= 15 is 0 Å². The maximum absolute atomic E-state index is 12.3. The topological polar surface area (TPSA) is 109 Å². The van der Waals surface area contributed by atoms with Crippen LogP contribution in [0.4, 0.5) is 5.69 Å². The van der Waals surface area contributed by atoms with E-state index in [1.807, 2.05) is 30.3 Å². The number of hydrogen-bond acceptors (Lipinski definition) is 5. The summed E-state index contributed by atoms with van der Waals surface area (Å²) in [5, 5.41) is 9.72. The lowest BCUT2D eigenvalue weighted by atomic mass is 10.1. The molecule has 0 bridgehead atoms. The van der Waals surface area contributed by atoms with Crippen molar-refractivity contribution in [2.75, 3.05) is 18.4 Å². The number of fused-ring (bicyclic) bond motifs is 1. The monoisotopic (exact) mass is 349 g/mol. The second-order valence-electron chi connectivity index (χ2n) is 5.57. The summed E-state index contributed by atoms with van der Waals surface area (Å²) in [6, 6.07) is 9.20. The van der Waals surface area contributed by atoms with Gasteiger partial charge in [-0.05, 0) is 18.6 Å². The molecular weight excluding hydrogens is 330 g/mol. The van der Waals surface area contributed by atoms with E-state index in [4.69, 9.17) is 5.73 Å². The molecule has 2 atom stereocenters. The second kappa shape index (κ2) is 8.05. The van der Waals surface area contributed by atoms with Crippen molar-refractivity contribution in [2.24, 2.45) is 5.73 Å². The fourth-order valence-corrected chi connectivity index (χ4v) is 2.70. The number of nitrogens with two attached hydrogens (primary N) is 1. The Labute approximate surface area is 145 Å². The molecule has 3 rings (SSSR count). The maximum atomic E-state index is 12.3. The van der Waals surface area contributed by atoms with Crippen LogP contribution in [0.2, 0.25) is 0 Å². The van der Waals surface area contributed by atoms with Gasteiger partial charge in [0, 0.05) is 18.0 Å². The molecule has 5 N–H and O–H groups in total. The second-order valence-corrected chi connectivity index (χ2v) is 5.57. The van der Waals surface area contributed by atoms with Crippen LogP contribution in [0.3, 0.4) is 0 Å². The van der Waals surface area contributed by atoms with Crippen molar-refractivity contribution in [1.82, 2.24) is 15.6 Å². The minimum atomic E-state index is -0.343. The molecule has 1 aromatic carbocycles. The summed E-state index contributed by atoms with van der Waals surface area (Å²) >= 11 is 0. The standard InChI is InChI=1S/C16H19N5O2.ClH/c17-7-15(22)20-12-6-14(19-9-12)16(23)21-11-5-10-3-1-2-4-13(10)18-8-11;/h1-5,8,12,14,19H,6-7,9,17H2,(H,20,22)(H,21,23);1H/t12?,14-;/m0./s1. The van der Waals surface area contributed by atoms with E-state index in [0.29, 0.717) is 18.7 Å². The van der Waals surface area contributed by atoms with Gasteiger partial charge in [0.2, 0.25) is 11.8 Å². The molecule has 0 saturated carbocycles. The smallest absolute Gasteiger partial charge is 0.241 e. The molecule has 1 saturated heterocycles. The third-order valence-electron chi connectivity index (χ3n) is 3.86. The van der Waals surface area contributed by atoms with Crippen molar-refractivity contribution in [3.05, 3.63) is 36.5 Å². The molecule has 1 unspecified atom stereocenters. The van der Waals surface area contributed by atoms with Gasteiger partial charge < -0.3 is 21.7 Å². The fraction of sp³-hybridized carbons (Fsp3) is 0.312. The first-order valence-electron chi connectivity index (χ1n) is 7.54. The summed E-state index contributed by atoms with van der Waals surface area (Å²) in [5.41, 5.74) is 6.81. The van der Waals surface area contributed by atoms with Crippen molar-refractivity contribution < 1.29 is 9.59 Å². The normalized spacial score (nSPS) is 19.5. The molecule has 2 aromatic rings. The van der Waals surface area contributed by atoms with Gasteiger partial charge in [0.05, 0.1) is 30.0 Å². The Balaban J connectivity index is 0.00000208. The third kappa shape index (κ3) is 4.19. The van der Waals surface area contributed by atoms with Crippen LogP contribution in [-0.4, -0.2) is 42.0 Å². The van der Waals surface area contributed by atoms with Gasteiger partial charge in [-0.15, -0.1) is 12.4 Å². The largest absolute Gasteiger partial charge is 0.351 e. The molecule has 0 radical (unpaired) electrons. The maximum Gasteiger partial charge on any atom is 0.241 e. The van der Waals surface area contributed by atoms with Gasteiger partial charge >= 0.3 is 0 Å². The summed E-state index contributed by atoms with van der Waals surface area (Å²) in [4.78, 5) is 27.9. The zero-order valence-corrected chi connectivity index (χ0v) is 13.8. The highest BCUT2D eigenvalue weighted by Crippen LogP contribution is 2.17. The lowest BCUT2D eigenvalue weighted by Gasteiger charge is -2.12. The Kier molecular flexibility index (Phi) is 6.08. The highest BCUT2D eigenvalue weighted by Gasteiger charge is 2.30. The van der Waals surface area contributed by atoms with Gasteiger partial charge in [-0.25, -0.2) is 0 Å². The number of amides is 2. The molecule has 24 heavy (non-hydrogen) atoms. The first-order valence-corrected chi connectivity index (χ1v) is 7.54. The van der Waals surface area contributed by atoms with Crippen LogP contribution in [0.5, 0.6) is 0 Å². The number of nitrogens with zero attached hydrogens (tertiary/aromatic N) is 1. The van der Waals surface area contributed by atoms with Crippen LogP contribution in [0, 0.1) is 0 Å². The first kappa shape index (κ1) is 18.1. The fourth-order valence-electron chi connectivity index (χ4n) is 2.70. The third-order valence-corrected chi connectivity index (χ3v) is 3.86. The number of rotatable bonds is 4. The summed E-state index contributed by atoms with van der Waals surface area (Å²) in [5.74, 6) is -0.344. The lowest BCUT2D eigenvalue weighted by molar-refractivity contribution is -0.121. The average Bonchev–Trinajstić information content (AvgIpc) is 3.03. The van der Waals surface area contributed by atoms with Crippen molar-refractivity contribution in [3.63, 3.8) is 0 Å². The Hall–Kier alpha value is -2.22. The van der Waals surface area contributed by atoms with Crippen molar-refractivity contribution in [1.29, 1.82) is 0 Å². The van der Waals surface area contributed by atoms with Crippen LogP contribution in [0.1, 0.15) is 6.42 Å². The van der Waals surface area contributed by atoms with Crippen LogP contribution in [-0.2, 0) is 9.59 Å². The van der Waals surface area contributed by atoms with Gasteiger partial charge in [-0.1, -0.05) is 18.2 Å². The van der Waals surface area contributed by atoms with E-state index in [1.54, 1.807) is 6.20 Å². The van der Waals surface area contributed by atoms with Gasteiger partial charge in [-0.3, -0.25) is 14.6 Å². The quantitative estimate of drug-likeness (QED) is 0.639. The Morgan fingerprint density at radius 3 is 2.92 bits per heavy atom. The van der Waals surface area contributed by atoms with E-state index in [9.17, 15) is 9.59 Å². The molecule has 7 nitrogen and oxygen atoms in total. The number of anilines is 1. The number of pyridine rings is 1. The van der Waals surface area contributed by atoms with Crippen LogP contribution in [0.25, 0.3) is 10.9 Å². The van der Waals surface area contributed by atoms with Crippen molar-refractivity contribution in [2.45, 2.75) is 18.5 Å². The van der Waals surface area contributed by atoms with Gasteiger partial charge in [0.1, 0.15) is 0 Å². The minimum Gasteiger partial charge on any atom is -0.351 e. The molecule has 0 spiro atoms. The number of hydrogen-bond donors (Lipinski definition) is 4. The number of carbonyl (C=O) groups excluding carboxylic acids is 2.